The standard InChI is InChI=1S/C19H24N2O/c1-3-15(2)21-19(22)14-20-18-12-8-7-11-17(18)13-16-9-5-4-6-10-16/h4-12,15,20H,3,13-14H2,1-2H3,(H,21,22). The molecule has 0 aliphatic heterocycles. The molecule has 0 saturated heterocycles. The van der Waals surface area contributed by atoms with Crippen LogP contribution in [0.25, 0.3) is 0 Å². The summed E-state index contributed by atoms with van der Waals surface area (Å²) < 4.78 is 0. The normalized spacial score (nSPS) is 11.7. The average molecular weight is 296 g/mol. The van der Waals surface area contributed by atoms with E-state index in [1.54, 1.807) is 0 Å². The van der Waals surface area contributed by atoms with Crippen LogP contribution in [-0.2, 0) is 11.2 Å². The molecule has 0 heterocycles. The van der Waals surface area contributed by atoms with Gasteiger partial charge in [-0.25, -0.2) is 0 Å². The molecule has 1 atom stereocenters. The van der Waals surface area contributed by atoms with E-state index in [1.165, 1.54) is 11.1 Å². The Labute approximate surface area is 132 Å². The highest BCUT2D eigenvalue weighted by molar-refractivity contribution is 5.81. The zero-order chi connectivity index (χ0) is 15.8. The number of hydrogen-bond acceptors (Lipinski definition) is 2. The molecule has 1 unspecified atom stereocenters. The van der Waals surface area contributed by atoms with E-state index in [0.717, 1.165) is 18.5 Å². The summed E-state index contributed by atoms with van der Waals surface area (Å²) in [4.78, 5) is 11.9. The highest BCUT2D eigenvalue weighted by atomic mass is 16.1. The first-order valence-corrected chi connectivity index (χ1v) is 7.84. The zero-order valence-corrected chi connectivity index (χ0v) is 13.3. The molecule has 3 heteroatoms. The van der Waals surface area contributed by atoms with E-state index in [9.17, 15) is 4.79 Å². The second kappa shape index (κ2) is 8.23. The van der Waals surface area contributed by atoms with Gasteiger partial charge in [-0.2, -0.15) is 0 Å². The molecule has 2 N–H and O–H groups in total. The molecule has 2 rings (SSSR count). The van der Waals surface area contributed by atoms with Crippen LogP contribution in [0.3, 0.4) is 0 Å². The topological polar surface area (TPSA) is 41.1 Å². The molecule has 3 nitrogen and oxygen atoms in total. The quantitative estimate of drug-likeness (QED) is 0.819. The molecule has 1 amide bonds. The van der Waals surface area contributed by atoms with Gasteiger partial charge in [0, 0.05) is 11.7 Å². The molecule has 2 aromatic carbocycles. The third-order valence-electron chi connectivity index (χ3n) is 3.71. The van der Waals surface area contributed by atoms with Gasteiger partial charge in [-0.1, -0.05) is 55.5 Å². The van der Waals surface area contributed by atoms with E-state index < -0.39 is 0 Å². The molecular formula is C19H24N2O. The number of amides is 1. The number of hydrogen-bond donors (Lipinski definition) is 2. The summed E-state index contributed by atoms with van der Waals surface area (Å²) in [5, 5.41) is 6.22. The first kappa shape index (κ1) is 16.1. The Morgan fingerprint density at radius 2 is 1.73 bits per heavy atom. The number of anilines is 1. The molecule has 0 aliphatic rings. The SMILES string of the molecule is CCC(C)NC(=O)CNc1ccccc1Cc1ccccc1. The number of rotatable bonds is 7. The Morgan fingerprint density at radius 3 is 2.45 bits per heavy atom. The number of nitrogens with one attached hydrogen (secondary N) is 2. The lowest BCUT2D eigenvalue weighted by atomic mass is 10.0. The maximum absolute atomic E-state index is 11.9. The summed E-state index contributed by atoms with van der Waals surface area (Å²) in [5.74, 6) is 0.0314. The van der Waals surface area contributed by atoms with Gasteiger partial charge in [0.1, 0.15) is 0 Å². The zero-order valence-electron chi connectivity index (χ0n) is 13.3. The van der Waals surface area contributed by atoms with Crippen molar-refractivity contribution in [3.63, 3.8) is 0 Å². The third-order valence-corrected chi connectivity index (χ3v) is 3.71. The van der Waals surface area contributed by atoms with Gasteiger partial charge < -0.3 is 10.6 Å². The monoisotopic (exact) mass is 296 g/mol. The number of carbonyl (C=O) groups is 1. The highest BCUT2D eigenvalue weighted by Crippen LogP contribution is 2.18. The van der Waals surface area contributed by atoms with Crippen LogP contribution in [0.2, 0.25) is 0 Å². The van der Waals surface area contributed by atoms with E-state index >= 15 is 0 Å². The Balaban J connectivity index is 1.98. The van der Waals surface area contributed by atoms with E-state index in [4.69, 9.17) is 0 Å². The van der Waals surface area contributed by atoms with Crippen molar-refractivity contribution in [1.29, 1.82) is 0 Å². The van der Waals surface area contributed by atoms with E-state index in [2.05, 4.69) is 35.8 Å². The fraction of sp³-hybridized carbons (Fsp3) is 0.316. The summed E-state index contributed by atoms with van der Waals surface area (Å²) >= 11 is 0. The van der Waals surface area contributed by atoms with Crippen LogP contribution in [0.1, 0.15) is 31.4 Å². The van der Waals surface area contributed by atoms with Crippen molar-refractivity contribution in [2.75, 3.05) is 11.9 Å². The first-order chi connectivity index (χ1) is 10.7. The Bertz CT molecular complexity index is 595. The van der Waals surface area contributed by atoms with Crippen LogP contribution in [-0.4, -0.2) is 18.5 Å². The van der Waals surface area contributed by atoms with Gasteiger partial charge in [0.2, 0.25) is 5.91 Å². The molecule has 116 valence electrons. The summed E-state index contributed by atoms with van der Waals surface area (Å²) in [6.07, 6.45) is 1.80. The summed E-state index contributed by atoms with van der Waals surface area (Å²) in [5.41, 5.74) is 3.48. The molecule has 2 aromatic rings. The first-order valence-electron chi connectivity index (χ1n) is 7.84. The van der Waals surface area contributed by atoms with Crippen molar-refractivity contribution < 1.29 is 4.79 Å². The second-order valence-corrected chi connectivity index (χ2v) is 5.55. The number of para-hydroxylation sites is 1. The smallest absolute Gasteiger partial charge is 0.239 e. The lowest BCUT2D eigenvalue weighted by molar-refractivity contribution is -0.120. The summed E-state index contributed by atoms with van der Waals surface area (Å²) in [6.45, 7) is 4.38. The lowest BCUT2D eigenvalue weighted by Gasteiger charge is -2.14. The number of carbonyl (C=O) groups excluding carboxylic acids is 1. The van der Waals surface area contributed by atoms with Crippen molar-refractivity contribution in [1.82, 2.24) is 5.32 Å². The minimum atomic E-state index is 0.0314. The van der Waals surface area contributed by atoms with Gasteiger partial charge in [-0.15, -0.1) is 0 Å². The molecule has 0 fully saturated rings. The minimum absolute atomic E-state index is 0.0314. The van der Waals surface area contributed by atoms with Crippen molar-refractivity contribution in [2.45, 2.75) is 32.7 Å². The van der Waals surface area contributed by atoms with Gasteiger partial charge in [0.05, 0.1) is 6.54 Å². The second-order valence-electron chi connectivity index (χ2n) is 5.55. The van der Waals surface area contributed by atoms with Gasteiger partial charge in [-0.05, 0) is 37.0 Å². The fourth-order valence-corrected chi connectivity index (χ4v) is 2.27. The number of benzene rings is 2. The molecule has 0 aromatic heterocycles. The molecule has 0 saturated carbocycles. The van der Waals surface area contributed by atoms with Gasteiger partial charge in [0.15, 0.2) is 0 Å². The maximum Gasteiger partial charge on any atom is 0.239 e. The van der Waals surface area contributed by atoms with E-state index in [-0.39, 0.29) is 11.9 Å². The van der Waals surface area contributed by atoms with Crippen LogP contribution >= 0.6 is 0 Å². The van der Waals surface area contributed by atoms with Gasteiger partial charge in [0.25, 0.3) is 0 Å². The van der Waals surface area contributed by atoms with Crippen molar-refractivity contribution in [3.8, 4) is 0 Å². The lowest BCUT2D eigenvalue weighted by Crippen LogP contribution is -2.36. The summed E-state index contributed by atoms with van der Waals surface area (Å²) in [7, 11) is 0. The fourth-order valence-electron chi connectivity index (χ4n) is 2.27. The van der Waals surface area contributed by atoms with Gasteiger partial charge >= 0.3 is 0 Å². The molecular weight excluding hydrogens is 272 g/mol. The highest BCUT2D eigenvalue weighted by Gasteiger charge is 2.07. The van der Waals surface area contributed by atoms with Crippen LogP contribution in [0.5, 0.6) is 0 Å². The maximum atomic E-state index is 11.9. The van der Waals surface area contributed by atoms with Crippen molar-refractivity contribution in [3.05, 3.63) is 65.7 Å². The van der Waals surface area contributed by atoms with Crippen LogP contribution in [0, 0.1) is 0 Å². The molecule has 0 bridgehead atoms. The Morgan fingerprint density at radius 1 is 1.05 bits per heavy atom. The van der Waals surface area contributed by atoms with Crippen molar-refractivity contribution in [2.24, 2.45) is 0 Å². The molecule has 0 radical (unpaired) electrons. The van der Waals surface area contributed by atoms with Crippen LogP contribution < -0.4 is 10.6 Å². The predicted molar refractivity (Wildman–Crippen MR) is 92.1 cm³/mol. The predicted octanol–water partition coefficient (Wildman–Crippen LogP) is 3.60. The van der Waals surface area contributed by atoms with Crippen LogP contribution in [0.4, 0.5) is 5.69 Å². The Kier molecular flexibility index (Phi) is 6.01. The molecule has 0 aliphatic carbocycles. The minimum Gasteiger partial charge on any atom is -0.376 e. The average Bonchev–Trinajstić information content (AvgIpc) is 2.55. The largest absolute Gasteiger partial charge is 0.376 e. The molecule has 22 heavy (non-hydrogen) atoms. The third kappa shape index (κ3) is 4.92. The van der Waals surface area contributed by atoms with E-state index in [0.29, 0.717) is 6.54 Å². The summed E-state index contributed by atoms with van der Waals surface area (Å²) in [6, 6.07) is 18.7. The van der Waals surface area contributed by atoms with Gasteiger partial charge in [-0.3, -0.25) is 4.79 Å². The Hall–Kier alpha value is -2.29. The molecule has 0 spiro atoms. The van der Waals surface area contributed by atoms with E-state index in [1.807, 2.05) is 43.3 Å². The van der Waals surface area contributed by atoms with Crippen molar-refractivity contribution >= 4 is 11.6 Å². The van der Waals surface area contributed by atoms with Crippen LogP contribution in [0.15, 0.2) is 54.6 Å².